The highest BCUT2D eigenvalue weighted by molar-refractivity contribution is 5.94. The van der Waals surface area contributed by atoms with E-state index in [0.29, 0.717) is 43.1 Å². The van der Waals surface area contributed by atoms with Gasteiger partial charge < -0.3 is 15.4 Å². The lowest BCUT2D eigenvalue weighted by Crippen LogP contribution is -2.42. The Kier molecular flexibility index (Phi) is 5.72. The fourth-order valence-electron chi connectivity index (χ4n) is 3.62. The minimum Gasteiger partial charge on any atom is -0.384 e. The summed E-state index contributed by atoms with van der Waals surface area (Å²) in [6.07, 6.45) is 1.61. The Balaban J connectivity index is 1.53. The van der Waals surface area contributed by atoms with E-state index >= 15 is 0 Å². The summed E-state index contributed by atoms with van der Waals surface area (Å²) in [5.41, 5.74) is 9.26. The molecule has 30 heavy (non-hydrogen) atoms. The van der Waals surface area contributed by atoms with Crippen molar-refractivity contribution in [3.05, 3.63) is 88.6 Å². The smallest absolute Gasteiger partial charge is 0.255 e. The van der Waals surface area contributed by atoms with Gasteiger partial charge in [-0.1, -0.05) is 18.2 Å². The number of hydrogen-bond donors (Lipinski definition) is 1. The number of nitrogens with two attached hydrogens (primary N) is 1. The van der Waals surface area contributed by atoms with Crippen molar-refractivity contribution in [2.75, 3.05) is 25.4 Å². The van der Waals surface area contributed by atoms with Crippen LogP contribution in [0.2, 0.25) is 0 Å². The third-order valence-corrected chi connectivity index (χ3v) is 5.10. The van der Waals surface area contributed by atoms with Gasteiger partial charge in [-0.15, -0.1) is 0 Å². The fourth-order valence-corrected chi connectivity index (χ4v) is 3.62. The van der Waals surface area contributed by atoms with Crippen LogP contribution in [-0.4, -0.2) is 40.5 Å². The van der Waals surface area contributed by atoms with Gasteiger partial charge in [-0.3, -0.25) is 9.78 Å². The minimum absolute atomic E-state index is 0.116. The molecule has 1 aliphatic heterocycles. The van der Waals surface area contributed by atoms with E-state index in [0.717, 1.165) is 17.0 Å². The molecule has 3 aromatic rings. The number of rotatable bonds is 4. The molecule has 3 heterocycles. The van der Waals surface area contributed by atoms with Crippen LogP contribution in [0, 0.1) is 12.7 Å². The molecule has 0 aliphatic carbocycles. The Morgan fingerprint density at radius 3 is 2.87 bits per heavy atom. The van der Waals surface area contributed by atoms with Crippen molar-refractivity contribution in [1.29, 1.82) is 0 Å². The molecule has 0 unspecified atom stereocenters. The predicted octanol–water partition coefficient (Wildman–Crippen LogP) is 3.31. The zero-order chi connectivity index (χ0) is 21.1. The number of anilines is 1. The zero-order valence-corrected chi connectivity index (χ0v) is 16.7. The molecule has 0 radical (unpaired) electrons. The lowest BCUT2D eigenvalue weighted by atomic mass is 10.0. The third-order valence-electron chi connectivity index (χ3n) is 5.10. The van der Waals surface area contributed by atoms with Gasteiger partial charge in [0.25, 0.3) is 5.91 Å². The van der Waals surface area contributed by atoms with Crippen molar-refractivity contribution in [2.24, 2.45) is 0 Å². The van der Waals surface area contributed by atoms with E-state index in [1.165, 1.54) is 12.3 Å². The summed E-state index contributed by atoms with van der Waals surface area (Å²) in [4.78, 5) is 23.2. The molecule has 2 aromatic heterocycles. The van der Waals surface area contributed by atoms with E-state index in [1.54, 1.807) is 29.2 Å². The number of aromatic nitrogens is 2. The number of benzene rings is 1. The van der Waals surface area contributed by atoms with E-state index in [-0.39, 0.29) is 17.8 Å². The number of halogens is 1. The lowest BCUT2D eigenvalue weighted by Gasteiger charge is -2.33. The fraction of sp³-hybridized carbons (Fsp3) is 0.261. The normalized spacial score (nSPS) is 16.5. The predicted molar refractivity (Wildman–Crippen MR) is 111 cm³/mol. The van der Waals surface area contributed by atoms with Crippen molar-refractivity contribution >= 4 is 11.7 Å². The summed E-state index contributed by atoms with van der Waals surface area (Å²) in [6, 6.07) is 13.9. The van der Waals surface area contributed by atoms with Crippen LogP contribution in [0.3, 0.4) is 0 Å². The molecule has 7 heteroatoms. The number of carbonyl (C=O) groups is 1. The van der Waals surface area contributed by atoms with E-state index < -0.39 is 0 Å². The minimum atomic E-state index is -0.344. The molecule has 1 aliphatic rings. The maximum Gasteiger partial charge on any atom is 0.255 e. The Hall–Kier alpha value is -3.32. The monoisotopic (exact) mass is 406 g/mol. The van der Waals surface area contributed by atoms with Crippen molar-refractivity contribution in [3.63, 3.8) is 0 Å². The van der Waals surface area contributed by atoms with Crippen molar-refractivity contribution in [1.82, 2.24) is 14.9 Å². The molecule has 1 atom stereocenters. The van der Waals surface area contributed by atoms with Crippen molar-refractivity contribution < 1.29 is 13.9 Å². The summed E-state index contributed by atoms with van der Waals surface area (Å²) in [7, 11) is 0. The number of nitrogens with zero attached hydrogens (tertiary/aromatic N) is 3. The molecular weight excluding hydrogens is 383 g/mol. The standard InChI is InChI=1S/C23H23FN4O2/c1-15-10-16(11-17-4-2-3-5-19(17)24)12-20(27-15)21-14-28(8-9-30-21)23(29)18-6-7-22(25)26-13-18/h2-7,10,12-13,21H,8-9,11,14H2,1H3,(H2,25,26)/t21-/m1/s1. The molecule has 1 aromatic carbocycles. The molecule has 0 spiro atoms. The maximum atomic E-state index is 14.1. The first kappa shape index (κ1) is 20.0. The van der Waals surface area contributed by atoms with Crippen LogP contribution < -0.4 is 5.73 Å². The molecule has 0 bridgehead atoms. The summed E-state index contributed by atoms with van der Waals surface area (Å²) in [5.74, 6) is 0.0316. The number of aryl methyl sites for hydroxylation is 1. The lowest BCUT2D eigenvalue weighted by molar-refractivity contribution is -0.0248. The highest BCUT2D eigenvalue weighted by Gasteiger charge is 2.27. The quantitative estimate of drug-likeness (QED) is 0.719. The molecular formula is C23H23FN4O2. The van der Waals surface area contributed by atoms with Crippen molar-refractivity contribution in [3.8, 4) is 0 Å². The van der Waals surface area contributed by atoms with Gasteiger partial charge in [-0.2, -0.15) is 0 Å². The number of morpholine rings is 1. The average molecular weight is 406 g/mol. The Bertz CT molecular complexity index is 1060. The zero-order valence-electron chi connectivity index (χ0n) is 16.7. The van der Waals surface area contributed by atoms with Crippen LogP contribution in [0.5, 0.6) is 0 Å². The van der Waals surface area contributed by atoms with Crippen LogP contribution in [-0.2, 0) is 11.2 Å². The molecule has 4 rings (SSSR count). The van der Waals surface area contributed by atoms with E-state index in [2.05, 4.69) is 9.97 Å². The summed E-state index contributed by atoms with van der Waals surface area (Å²) in [6.45, 7) is 3.20. The van der Waals surface area contributed by atoms with Gasteiger partial charge in [0.15, 0.2) is 0 Å². The Labute approximate surface area is 174 Å². The summed E-state index contributed by atoms with van der Waals surface area (Å²) >= 11 is 0. The topological polar surface area (TPSA) is 81.3 Å². The average Bonchev–Trinajstić information content (AvgIpc) is 2.75. The molecule has 1 amide bonds. The first-order valence-electron chi connectivity index (χ1n) is 9.83. The maximum absolute atomic E-state index is 14.1. The third kappa shape index (κ3) is 4.46. The first-order valence-corrected chi connectivity index (χ1v) is 9.83. The summed E-state index contributed by atoms with van der Waals surface area (Å²) < 4.78 is 20.0. The van der Waals surface area contributed by atoms with E-state index in [1.807, 2.05) is 25.1 Å². The highest BCUT2D eigenvalue weighted by Crippen LogP contribution is 2.24. The summed E-state index contributed by atoms with van der Waals surface area (Å²) in [5, 5.41) is 0. The van der Waals surface area contributed by atoms with Gasteiger partial charge in [0.2, 0.25) is 0 Å². The van der Waals surface area contributed by atoms with Crippen LogP contribution in [0.25, 0.3) is 0 Å². The second-order valence-corrected chi connectivity index (χ2v) is 7.39. The number of pyridine rings is 2. The van der Waals surface area contributed by atoms with Gasteiger partial charge in [0.05, 0.1) is 24.4 Å². The van der Waals surface area contributed by atoms with Gasteiger partial charge in [0, 0.05) is 24.9 Å². The molecule has 0 saturated carbocycles. The number of hydrogen-bond acceptors (Lipinski definition) is 5. The second kappa shape index (κ2) is 8.59. The Morgan fingerprint density at radius 1 is 1.27 bits per heavy atom. The van der Waals surface area contributed by atoms with Crippen LogP contribution in [0.1, 0.15) is 39.0 Å². The molecule has 2 N–H and O–H groups in total. The largest absolute Gasteiger partial charge is 0.384 e. The molecule has 1 saturated heterocycles. The van der Waals surface area contributed by atoms with Crippen LogP contribution in [0.4, 0.5) is 10.2 Å². The van der Waals surface area contributed by atoms with E-state index in [9.17, 15) is 9.18 Å². The molecule has 1 fully saturated rings. The highest BCUT2D eigenvalue weighted by atomic mass is 19.1. The van der Waals surface area contributed by atoms with Crippen molar-refractivity contribution in [2.45, 2.75) is 19.4 Å². The molecule has 6 nitrogen and oxygen atoms in total. The number of ether oxygens (including phenoxy) is 1. The van der Waals surface area contributed by atoms with E-state index in [4.69, 9.17) is 10.5 Å². The van der Waals surface area contributed by atoms with Gasteiger partial charge >= 0.3 is 0 Å². The van der Waals surface area contributed by atoms with Gasteiger partial charge in [-0.05, 0) is 48.4 Å². The SMILES string of the molecule is Cc1cc(Cc2ccccc2F)cc([C@H]2CN(C(=O)c3ccc(N)nc3)CCO2)n1. The van der Waals surface area contributed by atoms with Crippen LogP contribution >= 0.6 is 0 Å². The van der Waals surface area contributed by atoms with Gasteiger partial charge in [0.1, 0.15) is 17.7 Å². The molecule has 154 valence electrons. The number of carbonyl (C=O) groups excluding carboxylic acids is 1. The van der Waals surface area contributed by atoms with Crippen LogP contribution in [0.15, 0.2) is 54.7 Å². The number of nitrogen functional groups attached to an aromatic ring is 1. The first-order chi connectivity index (χ1) is 14.5. The second-order valence-electron chi connectivity index (χ2n) is 7.39. The Morgan fingerprint density at radius 2 is 2.10 bits per heavy atom. The van der Waals surface area contributed by atoms with Gasteiger partial charge in [-0.25, -0.2) is 9.37 Å². The number of amides is 1.